The summed E-state index contributed by atoms with van der Waals surface area (Å²) in [7, 11) is 1.68. The summed E-state index contributed by atoms with van der Waals surface area (Å²) in [5.74, 6) is -0.488. The first kappa shape index (κ1) is 16.2. The van der Waals surface area contributed by atoms with E-state index in [9.17, 15) is 19.7 Å². The van der Waals surface area contributed by atoms with Crippen molar-refractivity contribution in [2.24, 2.45) is 7.05 Å². The molecule has 0 spiro atoms. The number of anilines is 1. The fraction of sp³-hybridized carbons (Fsp3) is 0.0667. The number of nitrogens with one attached hydrogen (secondary N) is 1. The maximum atomic E-state index is 12.3. The van der Waals surface area contributed by atoms with E-state index in [1.165, 1.54) is 16.7 Å². The molecule has 24 heavy (non-hydrogen) atoms. The van der Waals surface area contributed by atoms with Crippen LogP contribution >= 0.6 is 22.9 Å². The molecular weight excluding hydrogens is 354 g/mol. The van der Waals surface area contributed by atoms with Crippen LogP contribution in [0.2, 0.25) is 5.02 Å². The number of fused-ring (bicyclic) bond motifs is 1. The van der Waals surface area contributed by atoms with Crippen molar-refractivity contribution >= 4 is 50.4 Å². The van der Waals surface area contributed by atoms with Crippen molar-refractivity contribution in [1.29, 1.82) is 0 Å². The highest BCUT2D eigenvalue weighted by molar-refractivity contribution is 7.16. The van der Waals surface area contributed by atoms with Crippen LogP contribution in [0.15, 0.2) is 41.2 Å². The highest BCUT2D eigenvalue weighted by Crippen LogP contribution is 2.25. The first-order valence-corrected chi connectivity index (χ1v) is 7.91. The first-order chi connectivity index (χ1) is 11.4. The van der Waals surface area contributed by atoms with Gasteiger partial charge in [0, 0.05) is 24.9 Å². The van der Waals surface area contributed by atoms with Gasteiger partial charge in [0.25, 0.3) is 11.6 Å². The van der Waals surface area contributed by atoms with Crippen LogP contribution in [0, 0.1) is 10.1 Å². The summed E-state index contributed by atoms with van der Waals surface area (Å²) in [6, 6.07) is 8.75. The lowest BCUT2D eigenvalue weighted by molar-refractivity contribution is -0.384. The molecule has 1 amide bonds. The Hall–Kier alpha value is -2.71. The summed E-state index contributed by atoms with van der Waals surface area (Å²) in [5, 5.41) is 13.4. The van der Waals surface area contributed by atoms with Crippen molar-refractivity contribution < 1.29 is 9.72 Å². The Morgan fingerprint density at radius 1 is 1.29 bits per heavy atom. The molecule has 0 aliphatic rings. The lowest BCUT2D eigenvalue weighted by Crippen LogP contribution is -2.12. The van der Waals surface area contributed by atoms with Gasteiger partial charge in [0.15, 0.2) is 0 Å². The molecule has 1 N–H and O–H groups in total. The molecule has 0 aliphatic carbocycles. The SMILES string of the molecule is Cn1c(=O)sc2cc(NC(=O)c3ccc([N+](=O)[O-])cc3Cl)ccc21. The number of nitrogens with zero attached hydrogens (tertiary/aromatic N) is 2. The van der Waals surface area contributed by atoms with Gasteiger partial charge in [-0.3, -0.25) is 19.7 Å². The van der Waals surface area contributed by atoms with E-state index in [0.29, 0.717) is 5.69 Å². The summed E-state index contributed by atoms with van der Waals surface area (Å²) in [4.78, 5) is 34.0. The minimum Gasteiger partial charge on any atom is -0.322 e. The Labute approximate surface area is 144 Å². The fourth-order valence-corrected chi connectivity index (χ4v) is 3.39. The normalized spacial score (nSPS) is 10.8. The van der Waals surface area contributed by atoms with Crippen LogP contribution < -0.4 is 10.2 Å². The molecule has 9 heteroatoms. The van der Waals surface area contributed by atoms with Crippen LogP contribution in [0.1, 0.15) is 10.4 Å². The van der Waals surface area contributed by atoms with E-state index in [4.69, 9.17) is 11.6 Å². The molecule has 0 atom stereocenters. The van der Waals surface area contributed by atoms with Crippen LogP contribution in [-0.2, 0) is 7.05 Å². The van der Waals surface area contributed by atoms with Crippen molar-refractivity contribution in [1.82, 2.24) is 4.57 Å². The van der Waals surface area contributed by atoms with Crippen LogP contribution in [0.3, 0.4) is 0 Å². The number of aryl methyl sites for hydroxylation is 1. The molecule has 2 aromatic carbocycles. The van der Waals surface area contributed by atoms with Crippen LogP contribution in [0.5, 0.6) is 0 Å². The van der Waals surface area contributed by atoms with Gasteiger partial charge in [-0.15, -0.1) is 0 Å². The molecule has 1 heterocycles. The second kappa shape index (κ2) is 6.06. The van der Waals surface area contributed by atoms with E-state index in [-0.39, 0.29) is 21.1 Å². The summed E-state index contributed by atoms with van der Waals surface area (Å²) in [5.41, 5.74) is 1.22. The van der Waals surface area contributed by atoms with Gasteiger partial charge in [-0.25, -0.2) is 0 Å². The van der Waals surface area contributed by atoms with Gasteiger partial charge in [0.2, 0.25) is 0 Å². The summed E-state index contributed by atoms with van der Waals surface area (Å²) >= 11 is 7.03. The lowest BCUT2D eigenvalue weighted by Gasteiger charge is -2.07. The fourth-order valence-electron chi connectivity index (χ4n) is 2.21. The van der Waals surface area contributed by atoms with E-state index < -0.39 is 10.8 Å². The maximum absolute atomic E-state index is 12.3. The standard InChI is InChI=1S/C15H10ClN3O4S/c1-18-12-5-2-8(6-13(12)24-15(18)21)17-14(20)10-4-3-9(19(22)23)7-11(10)16/h2-7H,1H3,(H,17,20). The lowest BCUT2D eigenvalue weighted by atomic mass is 10.2. The number of halogens is 1. The molecule has 7 nitrogen and oxygen atoms in total. The van der Waals surface area contributed by atoms with Gasteiger partial charge >= 0.3 is 4.87 Å². The third kappa shape index (κ3) is 2.89. The summed E-state index contributed by atoms with van der Waals surface area (Å²) in [6.07, 6.45) is 0. The Kier molecular flexibility index (Phi) is 4.08. The van der Waals surface area contributed by atoms with Crippen molar-refractivity contribution in [3.05, 3.63) is 66.8 Å². The predicted octanol–water partition coefficient (Wildman–Crippen LogP) is 3.41. The van der Waals surface area contributed by atoms with Gasteiger partial charge in [0.05, 0.1) is 25.7 Å². The highest BCUT2D eigenvalue weighted by atomic mass is 35.5. The molecule has 0 aliphatic heterocycles. The van der Waals surface area contributed by atoms with E-state index >= 15 is 0 Å². The third-order valence-electron chi connectivity index (χ3n) is 3.46. The smallest absolute Gasteiger partial charge is 0.307 e. The van der Waals surface area contributed by atoms with Gasteiger partial charge < -0.3 is 9.88 Å². The number of non-ortho nitro benzene ring substituents is 1. The van der Waals surface area contributed by atoms with Crippen molar-refractivity contribution in [2.45, 2.75) is 0 Å². The zero-order valence-electron chi connectivity index (χ0n) is 12.3. The molecule has 0 saturated carbocycles. The number of thiazole rings is 1. The quantitative estimate of drug-likeness (QED) is 0.569. The number of carbonyl (C=O) groups excluding carboxylic acids is 1. The average molecular weight is 364 g/mol. The molecule has 122 valence electrons. The second-order valence-electron chi connectivity index (χ2n) is 4.98. The first-order valence-electron chi connectivity index (χ1n) is 6.71. The maximum Gasteiger partial charge on any atom is 0.307 e. The number of rotatable bonds is 3. The van der Waals surface area contributed by atoms with Gasteiger partial charge in [-0.05, 0) is 24.3 Å². The van der Waals surface area contributed by atoms with E-state index in [0.717, 1.165) is 27.6 Å². The molecule has 0 unspecified atom stereocenters. The Bertz CT molecular complexity index is 1040. The van der Waals surface area contributed by atoms with Crippen LogP contribution in [-0.4, -0.2) is 15.4 Å². The molecule has 0 fully saturated rings. The van der Waals surface area contributed by atoms with Gasteiger partial charge in [-0.1, -0.05) is 22.9 Å². The van der Waals surface area contributed by atoms with E-state index in [2.05, 4.69) is 5.32 Å². The number of hydrogen-bond donors (Lipinski definition) is 1. The van der Waals surface area contributed by atoms with E-state index in [1.807, 2.05) is 0 Å². The molecule has 3 aromatic rings. The Balaban J connectivity index is 1.89. The van der Waals surface area contributed by atoms with Crippen LogP contribution in [0.25, 0.3) is 10.2 Å². The Morgan fingerprint density at radius 3 is 2.71 bits per heavy atom. The number of carbonyl (C=O) groups is 1. The topological polar surface area (TPSA) is 94.2 Å². The van der Waals surface area contributed by atoms with Crippen molar-refractivity contribution in [3.8, 4) is 0 Å². The number of nitro groups is 1. The Morgan fingerprint density at radius 2 is 2.04 bits per heavy atom. The zero-order valence-corrected chi connectivity index (χ0v) is 13.9. The van der Waals surface area contributed by atoms with Gasteiger partial charge in [0.1, 0.15) is 0 Å². The molecule has 0 radical (unpaired) electrons. The number of benzene rings is 2. The number of nitro benzene ring substituents is 1. The largest absolute Gasteiger partial charge is 0.322 e. The highest BCUT2D eigenvalue weighted by Gasteiger charge is 2.15. The van der Waals surface area contributed by atoms with E-state index in [1.54, 1.807) is 25.2 Å². The van der Waals surface area contributed by atoms with Crippen molar-refractivity contribution in [3.63, 3.8) is 0 Å². The summed E-state index contributed by atoms with van der Waals surface area (Å²) < 4.78 is 2.27. The molecule has 3 rings (SSSR count). The molecule has 0 saturated heterocycles. The minimum atomic E-state index is -0.585. The molecular formula is C15H10ClN3O4S. The average Bonchev–Trinajstić information content (AvgIpc) is 2.81. The second-order valence-corrected chi connectivity index (χ2v) is 6.39. The monoisotopic (exact) mass is 363 g/mol. The third-order valence-corrected chi connectivity index (χ3v) is 4.77. The zero-order chi connectivity index (χ0) is 17.4. The van der Waals surface area contributed by atoms with Gasteiger partial charge in [-0.2, -0.15) is 0 Å². The predicted molar refractivity (Wildman–Crippen MR) is 93.1 cm³/mol. The molecule has 0 bridgehead atoms. The number of hydrogen-bond acceptors (Lipinski definition) is 5. The summed E-state index contributed by atoms with van der Waals surface area (Å²) in [6.45, 7) is 0. The van der Waals surface area contributed by atoms with Crippen molar-refractivity contribution in [2.75, 3.05) is 5.32 Å². The number of amides is 1. The molecule has 1 aromatic heterocycles. The van der Waals surface area contributed by atoms with Crippen LogP contribution in [0.4, 0.5) is 11.4 Å². The number of aromatic nitrogens is 1. The minimum absolute atomic E-state index is 0.00727.